The Morgan fingerprint density at radius 1 is 1.35 bits per heavy atom. The van der Waals surface area contributed by atoms with Crippen molar-refractivity contribution >= 4 is 11.8 Å². The summed E-state index contributed by atoms with van der Waals surface area (Å²) < 4.78 is 17.9. The van der Waals surface area contributed by atoms with Crippen molar-refractivity contribution in [2.75, 3.05) is 19.5 Å². The lowest BCUT2D eigenvalue weighted by Gasteiger charge is -2.22. The summed E-state index contributed by atoms with van der Waals surface area (Å²) in [5, 5.41) is 0.204. The lowest BCUT2D eigenvalue weighted by molar-refractivity contribution is 0.218. The molecule has 2 nitrogen and oxygen atoms in total. The zero-order chi connectivity index (χ0) is 12.7. The summed E-state index contributed by atoms with van der Waals surface area (Å²) in [5.74, 6) is 0.686. The largest absolute Gasteiger partial charge is 0.384 e. The van der Waals surface area contributed by atoms with Crippen molar-refractivity contribution in [3.63, 3.8) is 0 Å². The molecule has 0 radical (unpaired) electrons. The molecular formula is C13H20FNOS. The maximum Gasteiger partial charge on any atom is 0.123 e. The predicted octanol–water partition coefficient (Wildman–Crippen LogP) is 2.98. The lowest BCUT2D eigenvalue weighted by atomic mass is 10.0. The Labute approximate surface area is 107 Å². The van der Waals surface area contributed by atoms with Crippen molar-refractivity contribution < 1.29 is 9.13 Å². The number of hydrogen-bond acceptors (Lipinski definition) is 3. The Kier molecular flexibility index (Phi) is 6.55. The highest BCUT2D eigenvalue weighted by Crippen LogP contribution is 2.32. The van der Waals surface area contributed by atoms with E-state index in [1.807, 2.05) is 12.1 Å². The SMILES string of the molecule is CCC(N)C(SCCOC)c1ccc(F)cc1. The van der Waals surface area contributed by atoms with Crippen LogP contribution < -0.4 is 5.73 Å². The molecule has 0 aromatic heterocycles. The van der Waals surface area contributed by atoms with Gasteiger partial charge in [-0.25, -0.2) is 4.39 Å². The summed E-state index contributed by atoms with van der Waals surface area (Å²) in [6, 6.07) is 6.69. The number of thioether (sulfide) groups is 1. The molecule has 0 saturated carbocycles. The fourth-order valence-corrected chi connectivity index (χ4v) is 2.90. The monoisotopic (exact) mass is 257 g/mol. The molecule has 0 bridgehead atoms. The molecule has 2 N–H and O–H groups in total. The molecule has 0 saturated heterocycles. The van der Waals surface area contributed by atoms with Crippen LogP contribution in [-0.4, -0.2) is 25.5 Å². The molecule has 2 atom stereocenters. The highest BCUT2D eigenvalue weighted by Gasteiger charge is 2.18. The Morgan fingerprint density at radius 3 is 2.53 bits per heavy atom. The zero-order valence-electron chi connectivity index (χ0n) is 10.4. The van der Waals surface area contributed by atoms with Gasteiger partial charge >= 0.3 is 0 Å². The van der Waals surface area contributed by atoms with Gasteiger partial charge < -0.3 is 10.5 Å². The van der Waals surface area contributed by atoms with Crippen LogP contribution in [0.25, 0.3) is 0 Å². The van der Waals surface area contributed by atoms with Gasteiger partial charge in [-0.1, -0.05) is 19.1 Å². The second kappa shape index (κ2) is 7.69. The summed E-state index contributed by atoms with van der Waals surface area (Å²) >= 11 is 1.77. The van der Waals surface area contributed by atoms with Crippen molar-refractivity contribution in [1.82, 2.24) is 0 Å². The van der Waals surface area contributed by atoms with Gasteiger partial charge in [-0.05, 0) is 24.1 Å². The molecule has 96 valence electrons. The van der Waals surface area contributed by atoms with Crippen LogP contribution in [0.3, 0.4) is 0 Å². The first-order chi connectivity index (χ1) is 8.19. The Morgan fingerprint density at radius 2 is 2.00 bits per heavy atom. The van der Waals surface area contributed by atoms with Crippen molar-refractivity contribution in [3.8, 4) is 0 Å². The third-order valence-corrected chi connectivity index (χ3v) is 4.03. The van der Waals surface area contributed by atoms with Gasteiger partial charge in [0.2, 0.25) is 0 Å². The molecular weight excluding hydrogens is 237 g/mol. The van der Waals surface area contributed by atoms with Crippen LogP contribution in [-0.2, 0) is 4.74 Å². The van der Waals surface area contributed by atoms with Gasteiger partial charge in [0, 0.05) is 24.2 Å². The van der Waals surface area contributed by atoms with Gasteiger partial charge in [0.15, 0.2) is 0 Å². The summed E-state index contributed by atoms with van der Waals surface area (Å²) in [4.78, 5) is 0. The molecule has 1 aromatic carbocycles. The summed E-state index contributed by atoms with van der Waals surface area (Å²) in [6.07, 6.45) is 0.905. The average molecular weight is 257 g/mol. The second-order valence-electron chi connectivity index (χ2n) is 3.91. The van der Waals surface area contributed by atoms with Crippen molar-refractivity contribution in [1.29, 1.82) is 0 Å². The van der Waals surface area contributed by atoms with Crippen molar-refractivity contribution in [2.45, 2.75) is 24.6 Å². The number of rotatable bonds is 7. The van der Waals surface area contributed by atoms with E-state index in [2.05, 4.69) is 6.92 Å². The van der Waals surface area contributed by atoms with E-state index >= 15 is 0 Å². The summed E-state index contributed by atoms with van der Waals surface area (Å²) in [5.41, 5.74) is 7.20. The van der Waals surface area contributed by atoms with Crippen molar-refractivity contribution in [3.05, 3.63) is 35.6 Å². The molecule has 0 aliphatic carbocycles. The van der Waals surface area contributed by atoms with Gasteiger partial charge in [-0.3, -0.25) is 0 Å². The van der Waals surface area contributed by atoms with E-state index in [9.17, 15) is 4.39 Å². The highest BCUT2D eigenvalue weighted by molar-refractivity contribution is 7.99. The number of hydrogen-bond donors (Lipinski definition) is 1. The number of benzene rings is 1. The standard InChI is InChI=1S/C13H20FNOS/c1-3-12(15)13(17-9-8-16-2)10-4-6-11(14)7-5-10/h4-7,12-13H,3,8-9,15H2,1-2H3. The van der Waals surface area contributed by atoms with Crippen molar-refractivity contribution in [2.24, 2.45) is 5.73 Å². The van der Waals surface area contributed by atoms with Gasteiger partial charge in [-0.2, -0.15) is 0 Å². The van der Waals surface area contributed by atoms with E-state index in [1.165, 1.54) is 12.1 Å². The topological polar surface area (TPSA) is 35.2 Å². The van der Waals surface area contributed by atoms with Crippen LogP contribution in [0.4, 0.5) is 4.39 Å². The first kappa shape index (κ1) is 14.5. The molecule has 4 heteroatoms. The van der Waals surface area contributed by atoms with Gasteiger partial charge in [0.25, 0.3) is 0 Å². The fraction of sp³-hybridized carbons (Fsp3) is 0.538. The molecule has 1 rings (SSSR count). The molecule has 0 spiro atoms. The second-order valence-corrected chi connectivity index (χ2v) is 5.16. The van der Waals surface area contributed by atoms with E-state index in [0.29, 0.717) is 6.61 Å². The normalized spacial score (nSPS) is 14.6. The van der Waals surface area contributed by atoms with E-state index < -0.39 is 0 Å². The predicted molar refractivity (Wildman–Crippen MR) is 71.7 cm³/mol. The zero-order valence-corrected chi connectivity index (χ0v) is 11.2. The van der Waals surface area contributed by atoms with Crippen LogP contribution in [0, 0.1) is 5.82 Å². The summed E-state index contributed by atoms with van der Waals surface area (Å²) in [6.45, 7) is 2.77. The minimum absolute atomic E-state index is 0.0855. The van der Waals surface area contributed by atoms with Crippen LogP contribution in [0.5, 0.6) is 0 Å². The molecule has 1 aromatic rings. The molecule has 17 heavy (non-hydrogen) atoms. The van der Waals surface area contributed by atoms with E-state index in [4.69, 9.17) is 10.5 Å². The van der Waals surface area contributed by atoms with Gasteiger partial charge in [0.05, 0.1) is 6.61 Å². The molecule has 0 aliphatic heterocycles. The minimum atomic E-state index is -0.209. The van der Waals surface area contributed by atoms with Crippen LogP contribution in [0.1, 0.15) is 24.2 Å². The molecule has 0 amide bonds. The maximum atomic E-state index is 12.9. The van der Waals surface area contributed by atoms with E-state index in [-0.39, 0.29) is 17.1 Å². The third-order valence-electron chi connectivity index (χ3n) is 2.64. The molecule has 2 unspecified atom stereocenters. The number of nitrogens with two attached hydrogens (primary N) is 1. The molecule has 0 aliphatic rings. The first-order valence-electron chi connectivity index (χ1n) is 5.80. The van der Waals surface area contributed by atoms with E-state index in [0.717, 1.165) is 17.7 Å². The Hall–Kier alpha value is -0.580. The quantitative estimate of drug-likeness (QED) is 0.763. The number of halogens is 1. The fourth-order valence-electron chi connectivity index (χ4n) is 1.59. The van der Waals surface area contributed by atoms with Crippen LogP contribution in [0.15, 0.2) is 24.3 Å². The Bertz CT molecular complexity index is 318. The number of methoxy groups -OCH3 is 1. The first-order valence-corrected chi connectivity index (χ1v) is 6.85. The smallest absolute Gasteiger partial charge is 0.123 e. The average Bonchev–Trinajstić information content (AvgIpc) is 2.35. The van der Waals surface area contributed by atoms with Crippen LogP contribution in [0.2, 0.25) is 0 Å². The molecule has 0 fully saturated rings. The van der Waals surface area contributed by atoms with Crippen LogP contribution >= 0.6 is 11.8 Å². The lowest BCUT2D eigenvalue weighted by Crippen LogP contribution is -2.26. The third kappa shape index (κ3) is 4.66. The maximum absolute atomic E-state index is 12.9. The van der Waals surface area contributed by atoms with Gasteiger partial charge in [-0.15, -0.1) is 11.8 Å². The number of ether oxygens (including phenoxy) is 1. The summed E-state index contributed by atoms with van der Waals surface area (Å²) in [7, 11) is 1.69. The minimum Gasteiger partial charge on any atom is -0.384 e. The molecule has 0 heterocycles. The Balaban J connectivity index is 2.71. The van der Waals surface area contributed by atoms with E-state index in [1.54, 1.807) is 18.9 Å². The highest BCUT2D eigenvalue weighted by atomic mass is 32.2. The van der Waals surface area contributed by atoms with Gasteiger partial charge in [0.1, 0.15) is 5.82 Å².